The van der Waals surface area contributed by atoms with Crippen LogP contribution in [0.3, 0.4) is 0 Å². The molecule has 0 spiro atoms. The summed E-state index contributed by atoms with van der Waals surface area (Å²) in [5, 5.41) is 0. The van der Waals surface area contributed by atoms with Gasteiger partial charge in [-0.15, -0.1) is 30.9 Å². The Morgan fingerprint density at radius 3 is 3.00 bits per heavy atom. The molecule has 0 aromatic heterocycles. The molecule has 0 amide bonds. The van der Waals surface area contributed by atoms with Crippen molar-refractivity contribution in [1.82, 2.24) is 0 Å². The second-order valence-corrected chi connectivity index (χ2v) is 3.36. The molecule has 1 aromatic carbocycles. The molecule has 0 aliphatic heterocycles. The number of nitrogens with one attached hydrogen (secondary N) is 1. The third-order valence-corrected chi connectivity index (χ3v) is 2.08. The van der Waals surface area contributed by atoms with Crippen LogP contribution in [0.5, 0.6) is 0 Å². The molecule has 0 saturated carbocycles. The van der Waals surface area contributed by atoms with E-state index in [-0.39, 0.29) is 11.1 Å². The van der Waals surface area contributed by atoms with E-state index in [0.717, 1.165) is 16.7 Å². The van der Waals surface area contributed by atoms with Crippen LogP contribution in [0, 0.1) is 5.75 Å². The average molecular weight is 167 g/mol. The minimum atomic E-state index is -0.208. The summed E-state index contributed by atoms with van der Waals surface area (Å²) in [5.41, 5.74) is 7.08. The van der Waals surface area contributed by atoms with Crippen LogP contribution in [0.25, 0.3) is 5.73 Å². The molecule has 0 aliphatic carbocycles. The van der Waals surface area contributed by atoms with E-state index in [1.165, 1.54) is 6.07 Å². The van der Waals surface area contributed by atoms with E-state index >= 15 is 0 Å². The van der Waals surface area contributed by atoms with Gasteiger partial charge >= 0.3 is 0 Å². The highest BCUT2D eigenvalue weighted by molar-refractivity contribution is 7.80. The maximum absolute atomic E-state index is 10.8. The minimum absolute atomic E-state index is 0.0804. The van der Waals surface area contributed by atoms with E-state index in [2.05, 4.69) is 0 Å². The second-order valence-electron chi connectivity index (χ2n) is 2.07. The van der Waals surface area contributed by atoms with E-state index in [9.17, 15) is 4.79 Å². The van der Waals surface area contributed by atoms with Crippen LogP contribution in [0.4, 0.5) is 5.69 Å². The molecule has 1 rings (SSSR count). The number of thiol groups is 1. The van der Waals surface area contributed by atoms with E-state index in [1.807, 2.05) is 12.7 Å². The first-order chi connectivity index (χ1) is 5.24. The first-order valence-corrected chi connectivity index (χ1v) is 4.21. The van der Waals surface area contributed by atoms with Gasteiger partial charge in [-0.05, 0) is 0 Å². The van der Waals surface area contributed by atoms with E-state index in [4.69, 9.17) is 5.73 Å². The highest BCUT2D eigenvalue weighted by Crippen LogP contribution is 2.09. The summed E-state index contributed by atoms with van der Waals surface area (Å²) in [4.78, 5) is 11.8. The zero-order chi connectivity index (χ0) is 8.27. The van der Waals surface area contributed by atoms with Gasteiger partial charge in [0.15, 0.2) is 0 Å². The second kappa shape index (κ2) is 3.53. The van der Waals surface area contributed by atoms with Crippen molar-refractivity contribution in [3.63, 3.8) is 0 Å². The van der Waals surface area contributed by atoms with Gasteiger partial charge < -0.3 is 10.5 Å². The average Bonchev–Trinajstić information content (AvgIpc) is 1.98. The summed E-state index contributed by atoms with van der Waals surface area (Å²) in [6.07, 6.45) is 0. The van der Waals surface area contributed by atoms with Crippen molar-refractivity contribution in [3.8, 4) is 0 Å². The van der Waals surface area contributed by atoms with E-state index < -0.39 is 0 Å². The highest BCUT2D eigenvalue weighted by atomic mass is 32.2. The van der Waals surface area contributed by atoms with Crippen molar-refractivity contribution < 1.29 is 0 Å². The van der Waals surface area contributed by atoms with Gasteiger partial charge in [0.05, 0.1) is 5.43 Å². The molecule has 0 heterocycles. The van der Waals surface area contributed by atoms with Gasteiger partial charge in [0.1, 0.15) is 0 Å². The maximum Gasteiger partial charge on any atom is 0.0550 e. The largest absolute Gasteiger partial charge is 0.754 e. The third kappa shape index (κ3) is 2.05. The first-order valence-electron chi connectivity index (χ1n) is 3.25. The van der Waals surface area contributed by atoms with Crippen LogP contribution in [0.2, 0.25) is 0 Å². The zero-order valence-electron chi connectivity index (χ0n) is 6.16. The molecule has 0 saturated heterocycles. The van der Waals surface area contributed by atoms with E-state index in [1.54, 1.807) is 12.1 Å². The molecule has 60 valence electrons. The lowest BCUT2D eigenvalue weighted by molar-refractivity contribution is 1.43. The van der Waals surface area contributed by atoms with Crippen molar-refractivity contribution in [3.05, 3.63) is 39.9 Å². The lowest BCUT2D eigenvalue weighted by Crippen LogP contribution is -1.96. The Morgan fingerprint density at radius 1 is 1.73 bits per heavy atom. The molecule has 0 bridgehead atoms. The van der Waals surface area contributed by atoms with Crippen LogP contribution >= 0.6 is 0 Å². The summed E-state index contributed by atoms with van der Waals surface area (Å²) < 4.78 is 0. The van der Waals surface area contributed by atoms with Crippen LogP contribution in [-0.2, 0) is 11.8 Å². The Kier molecular flexibility index (Phi) is 2.65. The van der Waals surface area contributed by atoms with Crippen molar-refractivity contribution in [2.75, 3.05) is 0 Å². The van der Waals surface area contributed by atoms with Crippen molar-refractivity contribution in [2.45, 2.75) is 11.8 Å². The van der Waals surface area contributed by atoms with Gasteiger partial charge in [-0.2, -0.15) is 0 Å². The predicted octanol–water partition coefficient (Wildman–Crippen LogP) is 1.80. The fourth-order valence-electron chi connectivity index (χ4n) is 0.747. The molecule has 11 heavy (non-hydrogen) atoms. The van der Waals surface area contributed by atoms with Crippen molar-refractivity contribution in [1.29, 1.82) is 0 Å². The number of hydrogen-bond donors (Lipinski definition) is 0. The molecular formula is C8H9NOS-2. The van der Waals surface area contributed by atoms with Crippen molar-refractivity contribution >= 4 is 17.4 Å². The fourth-order valence-corrected chi connectivity index (χ4v) is 1.41. The molecular weight excluding hydrogens is 158 g/mol. The monoisotopic (exact) mass is 167 g/mol. The molecule has 0 atom stereocenters. The standard InChI is InChI=1S/C8H9NOS/c1-2-11-6-3-4-8(10)7(9)5-6/h2-5,9,11H,1H3/q-2. The van der Waals surface area contributed by atoms with Gasteiger partial charge in [-0.3, -0.25) is 0 Å². The molecule has 2 nitrogen and oxygen atoms in total. The SMILES string of the molecule is C[CH-][SH+][c-]1ccc(=O)c([NH-])c1. The summed E-state index contributed by atoms with van der Waals surface area (Å²) >= 11 is 1.06. The maximum atomic E-state index is 10.8. The van der Waals surface area contributed by atoms with Gasteiger partial charge in [-0.25, -0.2) is 17.4 Å². The molecule has 0 aliphatic rings. The summed E-state index contributed by atoms with van der Waals surface area (Å²) in [6, 6.07) is 4.79. The summed E-state index contributed by atoms with van der Waals surface area (Å²) in [5.74, 6) is 1.97. The summed E-state index contributed by atoms with van der Waals surface area (Å²) in [7, 11) is 0. The Bertz CT molecular complexity index is 292. The van der Waals surface area contributed by atoms with Gasteiger partial charge in [-0.1, -0.05) is 0 Å². The fraction of sp³-hybridized carbons (Fsp3) is 0.125. The molecule has 3 heteroatoms. The van der Waals surface area contributed by atoms with Gasteiger partial charge in [0.2, 0.25) is 0 Å². The molecule has 0 unspecified atom stereocenters. The van der Waals surface area contributed by atoms with Crippen LogP contribution in [-0.4, -0.2) is 0 Å². The number of benzene rings is 1. The van der Waals surface area contributed by atoms with Crippen LogP contribution in [0.15, 0.2) is 27.9 Å². The quantitative estimate of drug-likeness (QED) is 0.376. The summed E-state index contributed by atoms with van der Waals surface area (Å²) in [6.45, 7) is 1.94. The molecule has 0 radical (unpaired) electrons. The molecule has 0 fully saturated rings. The van der Waals surface area contributed by atoms with Crippen LogP contribution < -0.4 is 5.43 Å². The molecule has 1 N–H and O–H groups in total. The predicted molar refractivity (Wildman–Crippen MR) is 49.3 cm³/mol. The Morgan fingerprint density at radius 2 is 2.45 bits per heavy atom. The van der Waals surface area contributed by atoms with E-state index in [0.29, 0.717) is 0 Å². The Labute approximate surface area is 69.8 Å². The number of hydrogen-bond acceptors (Lipinski definition) is 1. The lowest BCUT2D eigenvalue weighted by atomic mass is 10.3. The van der Waals surface area contributed by atoms with Crippen LogP contribution in [0.1, 0.15) is 6.92 Å². The zero-order valence-corrected chi connectivity index (χ0v) is 7.06. The Balaban J connectivity index is 2.96. The van der Waals surface area contributed by atoms with Crippen molar-refractivity contribution in [2.24, 2.45) is 0 Å². The Hall–Kier alpha value is -0.830. The first kappa shape index (κ1) is 8.27. The smallest absolute Gasteiger partial charge is 0.0550 e. The normalized spacial score (nSPS) is 9.91. The number of rotatable bonds is 2. The third-order valence-electron chi connectivity index (χ3n) is 1.24. The highest BCUT2D eigenvalue weighted by Gasteiger charge is 1.84. The minimum Gasteiger partial charge on any atom is -0.754 e. The molecule has 1 aromatic rings. The topological polar surface area (TPSA) is 40.9 Å². The lowest BCUT2D eigenvalue weighted by Gasteiger charge is -2.10. The van der Waals surface area contributed by atoms with Gasteiger partial charge in [0.25, 0.3) is 0 Å². The van der Waals surface area contributed by atoms with Gasteiger partial charge in [0, 0.05) is 4.90 Å².